The average Bonchev–Trinajstić information content (AvgIpc) is 3.44. The summed E-state index contributed by atoms with van der Waals surface area (Å²) in [4.78, 5) is 10.5. The van der Waals surface area contributed by atoms with Crippen molar-refractivity contribution in [2.75, 3.05) is 13.2 Å². The zero-order chi connectivity index (χ0) is 18.8. The van der Waals surface area contributed by atoms with Crippen LogP contribution in [0.15, 0.2) is 0 Å². The standard InChI is InChI=1S/C18H36O4.C2H4O/c1-2-3-4-5-6-7-8-9-10-11-12-13-14-15-16-18(21,22)17(19)20;1-2-3-1/h21-22H,2-16H2,1H3,(H,19,20);1-2H2. The van der Waals surface area contributed by atoms with Crippen LogP contribution in [0.5, 0.6) is 0 Å². The first-order chi connectivity index (χ1) is 12.0. The summed E-state index contributed by atoms with van der Waals surface area (Å²) in [7, 11) is 0. The SMILES string of the molecule is C1CO1.CCCCCCCCCCCCCCCCC(O)(O)C(=O)O. The monoisotopic (exact) mass is 360 g/mol. The molecule has 0 atom stereocenters. The smallest absolute Gasteiger partial charge is 0.364 e. The Morgan fingerprint density at radius 1 is 0.760 bits per heavy atom. The zero-order valence-electron chi connectivity index (χ0n) is 16.2. The van der Waals surface area contributed by atoms with E-state index in [-0.39, 0.29) is 6.42 Å². The molecule has 0 bridgehead atoms. The molecule has 1 aliphatic rings. The Bertz CT molecular complexity index is 300. The molecule has 25 heavy (non-hydrogen) atoms. The zero-order valence-corrected chi connectivity index (χ0v) is 16.2. The molecule has 150 valence electrons. The van der Waals surface area contributed by atoms with E-state index in [1.54, 1.807) is 0 Å². The maximum Gasteiger partial charge on any atom is 0.364 e. The second kappa shape index (κ2) is 16.8. The number of aliphatic hydroxyl groups is 2. The highest BCUT2D eigenvalue weighted by atomic mass is 16.6. The maximum absolute atomic E-state index is 10.5. The topological polar surface area (TPSA) is 90.3 Å². The lowest BCUT2D eigenvalue weighted by atomic mass is 10.0. The third-order valence-electron chi connectivity index (χ3n) is 4.43. The van der Waals surface area contributed by atoms with Gasteiger partial charge in [-0.25, -0.2) is 4.79 Å². The average molecular weight is 361 g/mol. The largest absolute Gasteiger partial charge is 0.477 e. The molecule has 5 heteroatoms. The lowest BCUT2D eigenvalue weighted by molar-refractivity contribution is -0.205. The second-order valence-electron chi connectivity index (χ2n) is 7.08. The van der Waals surface area contributed by atoms with Gasteiger partial charge in [-0.3, -0.25) is 0 Å². The van der Waals surface area contributed by atoms with Crippen molar-refractivity contribution >= 4 is 5.97 Å². The number of carboxylic acids is 1. The molecule has 0 aromatic heterocycles. The molecule has 1 fully saturated rings. The molecular weight excluding hydrogens is 320 g/mol. The first-order valence-electron chi connectivity index (χ1n) is 10.3. The predicted molar refractivity (Wildman–Crippen MR) is 101 cm³/mol. The lowest BCUT2D eigenvalue weighted by Gasteiger charge is -2.15. The number of unbranched alkanes of at least 4 members (excludes halogenated alkanes) is 13. The quantitative estimate of drug-likeness (QED) is 0.212. The van der Waals surface area contributed by atoms with Gasteiger partial charge >= 0.3 is 5.97 Å². The highest BCUT2D eigenvalue weighted by Crippen LogP contribution is 2.15. The molecule has 0 radical (unpaired) electrons. The van der Waals surface area contributed by atoms with E-state index in [1.807, 2.05) is 0 Å². The van der Waals surface area contributed by atoms with Gasteiger partial charge in [-0.15, -0.1) is 0 Å². The van der Waals surface area contributed by atoms with Crippen molar-refractivity contribution in [3.63, 3.8) is 0 Å². The van der Waals surface area contributed by atoms with Gasteiger partial charge in [-0.2, -0.15) is 0 Å². The Morgan fingerprint density at radius 2 is 1.08 bits per heavy atom. The first-order valence-corrected chi connectivity index (χ1v) is 10.3. The van der Waals surface area contributed by atoms with Crippen LogP contribution in [0.4, 0.5) is 0 Å². The van der Waals surface area contributed by atoms with E-state index in [1.165, 1.54) is 64.2 Å². The van der Waals surface area contributed by atoms with Crippen LogP contribution in [0.2, 0.25) is 0 Å². The van der Waals surface area contributed by atoms with Crippen LogP contribution >= 0.6 is 0 Å². The molecule has 5 nitrogen and oxygen atoms in total. The van der Waals surface area contributed by atoms with Crippen LogP contribution in [-0.4, -0.2) is 40.3 Å². The molecule has 0 unspecified atom stereocenters. The van der Waals surface area contributed by atoms with Gasteiger partial charge in [-0.05, 0) is 6.42 Å². The molecule has 1 aliphatic heterocycles. The fourth-order valence-electron chi connectivity index (χ4n) is 2.67. The van der Waals surface area contributed by atoms with Crippen LogP contribution in [0.1, 0.15) is 103 Å². The van der Waals surface area contributed by atoms with Crippen molar-refractivity contribution in [3.05, 3.63) is 0 Å². The maximum atomic E-state index is 10.5. The van der Waals surface area contributed by atoms with E-state index in [9.17, 15) is 4.79 Å². The van der Waals surface area contributed by atoms with E-state index in [4.69, 9.17) is 15.3 Å². The minimum absolute atomic E-state index is 0.0830. The third-order valence-corrected chi connectivity index (χ3v) is 4.43. The van der Waals surface area contributed by atoms with Crippen molar-refractivity contribution in [2.45, 2.75) is 109 Å². The van der Waals surface area contributed by atoms with Crippen LogP contribution in [0, 0.1) is 0 Å². The van der Waals surface area contributed by atoms with Gasteiger partial charge < -0.3 is 20.1 Å². The van der Waals surface area contributed by atoms with E-state index in [0.29, 0.717) is 6.42 Å². The number of carboxylic acid groups (broad SMARTS) is 1. The molecule has 1 heterocycles. The minimum atomic E-state index is -2.54. The molecule has 0 amide bonds. The molecular formula is C20H40O5. The summed E-state index contributed by atoms with van der Waals surface area (Å²) < 4.78 is 4.50. The molecule has 0 aromatic rings. The highest BCUT2D eigenvalue weighted by molar-refractivity contribution is 5.74. The molecule has 0 aliphatic carbocycles. The first kappa shape index (κ1) is 24.4. The summed E-state index contributed by atoms with van der Waals surface area (Å²) >= 11 is 0. The van der Waals surface area contributed by atoms with E-state index < -0.39 is 11.8 Å². The van der Waals surface area contributed by atoms with E-state index in [0.717, 1.165) is 32.5 Å². The number of carbonyl (C=O) groups is 1. The summed E-state index contributed by atoms with van der Waals surface area (Å²) in [5, 5.41) is 26.8. The number of aliphatic carboxylic acids is 1. The van der Waals surface area contributed by atoms with Crippen molar-refractivity contribution in [2.24, 2.45) is 0 Å². The van der Waals surface area contributed by atoms with Gasteiger partial charge in [0.15, 0.2) is 0 Å². The fraction of sp³-hybridized carbons (Fsp3) is 0.950. The van der Waals surface area contributed by atoms with Crippen LogP contribution in [0.3, 0.4) is 0 Å². The van der Waals surface area contributed by atoms with Gasteiger partial charge in [0.25, 0.3) is 5.79 Å². The van der Waals surface area contributed by atoms with Gasteiger partial charge in [0.2, 0.25) is 0 Å². The molecule has 0 spiro atoms. The van der Waals surface area contributed by atoms with Gasteiger partial charge in [0, 0.05) is 6.42 Å². The normalized spacial score (nSPS) is 13.2. The van der Waals surface area contributed by atoms with Crippen LogP contribution in [-0.2, 0) is 9.53 Å². The highest BCUT2D eigenvalue weighted by Gasteiger charge is 2.31. The Hall–Kier alpha value is -0.650. The minimum Gasteiger partial charge on any atom is -0.477 e. The second-order valence-corrected chi connectivity index (χ2v) is 7.08. The summed E-state index contributed by atoms with van der Waals surface area (Å²) in [5.74, 6) is -4.10. The third kappa shape index (κ3) is 19.5. The van der Waals surface area contributed by atoms with Crippen molar-refractivity contribution < 1.29 is 24.9 Å². The molecule has 1 rings (SSSR count). The van der Waals surface area contributed by atoms with E-state index in [2.05, 4.69) is 11.7 Å². The number of hydrogen-bond acceptors (Lipinski definition) is 4. The van der Waals surface area contributed by atoms with Crippen molar-refractivity contribution in [1.82, 2.24) is 0 Å². The molecule has 3 N–H and O–H groups in total. The number of rotatable bonds is 16. The number of hydrogen-bond donors (Lipinski definition) is 3. The Labute approximate surface area is 153 Å². The molecule has 1 saturated heterocycles. The Morgan fingerprint density at radius 3 is 1.36 bits per heavy atom. The number of ether oxygens (including phenoxy) is 1. The van der Waals surface area contributed by atoms with Gasteiger partial charge in [-0.1, -0.05) is 90.4 Å². The van der Waals surface area contributed by atoms with Crippen LogP contribution in [0.25, 0.3) is 0 Å². The predicted octanol–water partition coefficient (Wildman–Crippen LogP) is 4.64. The molecule has 0 saturated carbocycles. The van der Waals surface area contributed by atoms with Crippen molar-refractivity contribution in [1.29, 1.82) is 0 Å². The van der Waals surface area contributed by atoms with Crippen LogP contribution < -0.4 is 0 Å². The van der Waals surface area contributed by atoms with Gasteiger partial charge in [0.05, 0.1) is 13.2 Å². The summed E-state index contributed by atoms with van der Waals surface area (Å²) in [6.45, 7) is 4.25. The molecule has 0 aromatic carbocycles. The van der Waals surface area contributed by atoms with Crippen molar-refractivity contribution in [3.8, 4) is 0 Å². The van der Waals surface area contributed by atoms with Gasteiger partial charge in [0.1, 0.15) is 0 Å². The van der Waals surface area contributed by atoms with E-state index >= 15 is 0 Å². The fourth-order valence-corrected chi connectivity index (χ4v) is 2.67. The Kier molecular flexibility index (Phi) is 16.4. The lowest BCUT2D eigenvalue weighted by Crippen LogP contribution is -2.37. The summed E-state index contributed by atoms with van der Waals surface area (Å²) in [5.41, 5.74) is 0. The number of epoxide rings is 1. The summed E-state index contributed by atoms with van der Waals surface area (Å²) in [6, 6.07) is 0. The Balaban J connectivity index is 0.00000171. The summed E-state index contributed by atoms with van der Waals surface area (Å²) in [6.07, 6.45) is 17.0.